The Bertz CT molecular complexity index is 443. The third kappa shape index (κ3) is 4.21. The second-order valence-corrected chi connectivity index (χ2v) is 5.48. The molecule has 21 heavy (non-hydrogen) atoms. The van der Waals surface area contributed by atoms with Gasteiger partial charge in [-0.15, -0.1) is 0 Å². The summed E-state index contributed by atoms with van der Waals surface area (Å²) in [5, 5.41) is 0. The van der Waals surface area contributed by atoms with Crippen molar-refractivity contribution in [1.29, 1.82) is 0 Å². The number of benzene rings is 1. The highest BCUT2D eigenvalue weighted by atomic mass is 16.5. The lowest BCUT2D eigenvalue weighted by molar-refractivity contribution is -0.0250. The van der Waals surface area contributed by atoms with Crippen LogP contribution >= 0.6 is 0 Å². The fourth-order valence-electron chi connectivity index (χ4n) is 2.90. The fourth-order valence-corrected chi connectivity index (χ4v) is 2.90. The average molecular weight is 289 g/mol. The Morgan fingerprint density at radius 2 is 2.00 bits per heavy atom. The number of hydrogen-bond donors (Lipinski definition) is 1. The molecule has 1 aromatic carbocycles. The van der Waals surface area contributed by atoms with Crippen LogP contribution in [-0.2, 0) is 4.74 Å². The minimum Gasteiger partial charge on any atom is -0.373 e. The van der Waals surface area contributed by atoms with Gasteiger partial charge in [-0.3, -0.25) is 4.99 Å². The number of rotatable bonds is 5. The van der Waals surface area contributed by atoms with Gasteiger partial charge in [0.1, 0.15) is 0 Å². The molecular formula is C17H27N3O. The Balaban J connectivity index is 2.04. The van der Waals surface area contributed by atoms with Gasteiger partial charge in [0.25, 0.3) is 0 Å². The van der Waals surface area contributed by atoms with Crippen LogP contribution in [0.4, 0.5) is 0 Å². The van der Waals surface area contributed by atoms with Crippen molar-refractivity contribution >= 4 is 5.96 Å². The molecule has 0 saturated carbocycles. The minimum atomic E-state index is 0.146. The highest BCUT2D eigenvalue weighted by Crippen LogP contribution is 2.33. The molecule has 1 aliphatic rings. The highest BCUT2D eigenvalue weighted by Gasteiger charge is 2.27. The Kier molecular flexibility index (Phi) is 6.05. The van der Waals surface area contributed by atoms with Crippen molar-refractivity contribution in [3.05, 3.63) is 35.9 Å². The van der Waals surface area contributed by atoms with Gasteiger partial charge in [-0.05, 0) is 32.3 Å². The van der Waals surface area contributed by atoms with E-state index in [0.717, 1.165) is 39.1 Å². The van der Waals surface area contributed by atoms with E-state index in [1.165, 1.54) is 5.56 Å². The molecule has 0 spiro atoms. The zero-order chi connectivity index (χ0) is 15.1. The number of nitrogens with zero attached hydrogens (tertiary/aromatic N) is 2. The predicted octanol–water partition coefficient (Wildman–Crippen LogP) is 2.81. The summed E-state index contributed by atoms with van der Waals surface area (Å²) >= 11 is 0. The molecule has 116 valence electrons. The Morgan fingerprint density at radius 1 is 1.29 bits per heavy atom. The van der Waals surface area contributed by atoms with Crippen molar-refractivity contribution in [2.75, 3.05) is 26.2 Å². The summed E-state index contributed by atoms with van der Waals surface area (Å²) in [6.45, 7) is 7.57. The monoisotopic (exact) mass is 289 g/mol. The smallest absolute Gasteiger partial charge is 0.191 e. The SMILES string of the molecule is CCN(CC)C(N)=NCC1CCCOC1c1ccccc1. The summed E-state index contributed by atoms with van der Waals surface area (Å²) < 4.78 is 6.00. The summed E-state index contributed by atoms with van der Waals surface area (Å²) in [5.74, 6) is 1.06. The molecule has 2 N–H and O–H groups in total. The van der Waals surface area contributed by atoms with Crippen LogP contribution in [0.3, 0.4) is 0 Å². The van der Waals surface area contributed by atoms with Gasteiger partial charge < -0.3 is 15.4 Å². The maximum absolute atomic E-state index is 6.08. The first-order valence-electron chi connectivity index (χ1n) is 7.97. The van der Waals surface area contributed by atoms with E-state index in [9.17, 15) is 0 Å². The molecule has 0 aliphatic carbocycles. The van der Waals surface area contributed by atoms with Gasteiger partial charge >= 0.3 is 0 Å². The third-order valence-corrected chi connectivity index (χ3v) is 4.15. The van der Waals surface area contributed by atoms with Crippen LogP contribution in [0.15, 0.2) is 35.3 Å². The van der Waals surface area contributed by atoms with E-state index >= 15 is 0 Å². The number of guanidine groups is 1. The second-order valence-electron chi connectivity index (χ2n) is 5.48. The zero-order valence-electron chi connectivity index (χ0n) is 13.2. The summed E-state index contributed by atoms with van der Waals surface area (Å²) in [7, 11) is 0. The summed E-state index contributed by atoms with van der Waals surface area (Å²) in [6, 6.07) is 10.5. The van der Waals surface area contributed by atoms with E-state index in [-0.39, 0.29) is 6.10 Å². The van der Waals surface area contributed by atoms with E-state index in [1.54, 1.807) is 0 Å². The number of nitrogens with two attached hydrogens (primary N) is 1. The Hall–Kier alpha value is -1.55. The minimum absolute atomic E-state index is 0.146. The number of aliphatic imine (C=N–C) groups is 1. The molecule has 2 rings (SSSR count). The van der Waals surface area contributed by atoms with Gasteiger partial charge in [0.15, 0.2) is 5.96 Å². The quantitative estimate of drug-likeness (QED) is 0.670. The lowest BCUT2D eigenvalue weighted by Gasteiger charge is -2.31. The van der Waals surface area contributed by atoms with Crippen LogP contribution in [0.2, 0.25) is 0 Å². The van der Waals surface area contributed by atoms with Crippen LogP contribution in [0.25, 0.3) is 0 Å². The van der Waals surface area contributed by atoms with Crippen molar-refractivity contribution in [3.63, 3.8) is 0 Å². The Labute approximate surface area is 128 Å². The van der Waals surface area contributed by atoms with Crippen molar-refractivity contribution < 1.29 is 4.74 Å². The largest absolute Gasteiger partial charge is 0.373 e. The van der Waals surface area contributed by atoms with Crippen molar-refractivity contribution in [1.82, 2.24) is 4.90 Å². The van der Waals surface area contributed by atoms with E-state index in [1.807, 2.05) is 6.07 Å². The molecule has 4 nitrogen and oxygen atoms in total. The fraction of sp³-hybridized carbons (Fsp3) is 0.588. The first-order chi connectivity index (χ1) is 10.3. The lowest BCUT2D eigenvalue weighted by atomic mass is 9.89. The van der Waals surface area contributed by atoms with Crippen LogP contribution in [0.5, 0.6) is 0 Å². The van der Waals surface area contributed by atoms with Gasteiger partial charge in [0.05, 0.1) is 6.10 Å². The van der Waals surface area contributed by atoms with Gasteiger partial charge in [-0.25, -0.2) is 0 Å². The molecule has 0 aromatic heterocycles. The molecule has 0 radical (unpaired) electrons. The standard InChI is InChI=1S/C17H27N3O/c1-3-20(4-2)17(18)19-13-15-11-8-12-21-16(15)14-9-6-5-7-10-14/h5-7,9-10,15-16H,3-4,8,11-13H2,1-2H3,(H2,18,19). The lowest BCUT2D eigenvalue weighted by Crippen LogP contribution is -2.37. The van der Waals surface area contributed by atoms with Gasteiger partial charge in [-0.1, -0.05) is 30.3 Å². The van der Waals surface area contributed by atoms with Crippen LogP contribution < -0.4 is 5.73 Å². The number of hydrogen-bond acceptors (Lipinski definition) is 2. The van der Waals surface area contributed by atoms with Crippen molar-refractivity contribution in [2.24, 2.45) is 16.6 Å². The van der Waals surface area contributed by atoms with E-state index in [4.69, 9.17) is 10.5 Å². The van der Waals surface area contributed by atoms with Gasteiger partial charge in [0, 0.05) is 32.2 Å². The topological polar surface area (TPSA) is 50.8 Å². The zero-order valence-corrected chi connectivity index (χ0v) is 13.2. The normalized spacial score (nSPS) is 23.0. The third-order valence-electron chi connectivity index (χ3n) is 4.15. The molecule has 0 amide bonds. The molecule has 4 heteroatoms. The molecule has 1 saturated heterocycles. The van der Waals surface area contributed by atoms with Crippen LogP contribution in [-0.4, -0.2) is 37.1 Å². The van der Waals surface area contributed by atoms with Crippen LogP contribution in [0.1, 0.15) is 38.4 Å². The second kappa shape index (κ2) is 8.03. The van der Waals surface area contributed by atoms with E-state index in [2.05, 4.69) is 48.0 Å². The van der Waals surface area contributed by atoms with Crippen LogP contribution in [0, 0.1) is 5.92 Å². The first kappa shape index (κ1) is 15.8. The molecule has 2 atom stereocenters. The first-order valence-corrected chi connectivity index (χ1v) is 7.97. The summed E-state index contributed by atoms with van der Waals surface area (Å²) in [5.41, 5.74) is 7.32. The van der Waals surface area contributed by atoms with Gasteiger partial charge in [-0.2, -0.15) is 0 Å². The predicted molar refractivity (Wildman–Crippen MR) is 87.3 cm³/mol. The molecule has 1 aliphatic heterocycles. The van der Waals surface area contributed by atoms with E-state index in [0.29, 0.717) is 11.9 Å². The highest BCUT2D eigenvalue weighted by molar-refractivity contribution is 5.78. The molecule has 1 aromatic rings. The Morgan fingerprint density at radius 3 is 2.67 bits per heavy atom. The van der Waals surface area contributed by atoms with Crippen molar-refractivity contribution in [3.8, 4) is 0 Å². The van der Waals surface area contributed by atoms with Gasteiger partial charge in [0.2, 0.25) is 0 Å². The van der Waals surface area contributed by atoms with Crippen molar-refractivity contribution in [2.45, 2.75) is 32.8 Å². The molecule has 1 heterocycles. The molecular weight excluding hydrogens is 262 g/mol. The summed E-state index contributed by atoms with van der Waals surface area (Å²) in [4.78, 5) is 6.69. The molecule has 0 bridgehead atoms. The maximum Gasteiger partial charge on any atom is 0.191 e. The van der Waals surface area contributed by atoms with E-state index < -0.39 is 0 Å². The maximum atomic E-state index is 6.08. The summed E-state index contributed by atoms with van der Waals surface area (Å²) in [6.07, 6.45) is 2.40. The average Bonchev–Trinajstić information content (AvgIpc) is 2.55. The molecule has 2 unspecified atom stereocenters. The number of ether oxygens (including phenoxy) is 1. The molecule has 1 fully saturated rings.